The van der Waals surface area contributed by atoms with Crippen molar-refractivity contribution in [1.29, 1.82) is 0 Å². The van der Waals surface area contributed by atoms with Crippen molar-refractivity contribution < 1.29 is 0 Å². The van der Waals surface area contributed by atoms with E-state index in [2.05, 4.69) is 54.3 Å². The molecule has 2 nitrogen and oxygen atoms in total. The summed E-state index contributed by atoms with van der Waals surface area (Å²) in [5.74, 6) is 0.589. The average Bonchev–Trinajstić information content (AvgIpc) is 2.97. The fourth-order valence-corrected chi connectivity index (χ4v) is 3.26. The Labute approximate surface area is 131 Å². The first kappa shape index (κ1) is 14.1. The van der Waals surface area contributed by atoms with Crippen molar-refractivity contribution in [3.05, 3.63) is 65.2 Å². The van der Waals surface area contributed by atoms with Crippen LogP contribution in [0, 0.1) is 6.92 Å². The number of hydrogen-bond acceptors (Lipinski definition) is 2. The fraction of sp³-hybridized carbons (Fsp3) is 0.278. The summed E-state index contributed by atoms with van der Waals surface area (Å²) in [6.45, 7) is 4.19. The molecule has 0 radical (unpaired) electrons. The van der Waals surface area contributed by atoms with Crippen LogP contribution >= 0.6 is 12.2 Å². The Morgan fingerprint density at radius 2 is 1.95 bits per heavy atom. The molecule has 0 aliphatic carbocycles. The summed E-state index contributed by atoms with van der Waals surface area (Å²) in [4.78, 5) is 2.90. The van der Waals surface area contributed by atoms with Crippen molar-refractivity contribution in [3.8, 4) is 0 Å². The molecule has 2 aromatic carbocycles. The predicted octanol–water partition coefficient (Wildman–Crippen LogP) is 3.62. The lowest BCUT2D eigenvalue weighted by molar-refractivity contribution is 0.775. The lowest BCUT2D eigenvalue weighted by Gasteiger charge is -2.22. The van der Waals surface area contributed by atoms with E-state index in [0.29, 0.717) is 10.9 Å². The molecular formula is C18H20N2S. The van der Waals surface area contributed by atoms with Gasteiger partial charge in [-0.15, -0.1) is 0 Å². The van der Waals surface area contributed by atoms with Crippen molar-refractivity contribution in [1.82, 2.24) is 0 Å². The van der Waals surface area contributed by atoms with E-state index in [0.717, 1.165) is 18.7 Å². The molecule has 1 saturated heterocycles. The zero-order valence-electron chi connectivity index (χ0n) is 12.3. The molecule has 1 aliphatic rings. The molecule has 21 heavy (non-hydrogen) atoms. The van der Waals surface area contributed by atoms with Crippen molar-refractivity contribution in [2.45, 2.75) is 19.3 Å². The minimum absolute atomic E-state index is 0.480. The van der Waals surface area contributed by atoms with Gasteiger partial charge in [0.05, 0.1) is 0 Å². The molecule has 0 spiro atoms. The van der Waals surface area contributed by atoms with E-state index in [1.807, 2.05) is 6.07 Å². The van der Waals surface area contributed by atoms with Crippen LogP contribution in [-0.2, 0) is 0 Å². The largest absolute Gasteiger partial charge is 0.389 e. The van der Waals surface area contributed by atoms with Crippen molar-refractivity contribution >= 4 is 22.9 Å². The third-order valence-electron chi connectivity index (χ3n) is 4.22. The Kier molecular flexibility index (Phi) is 3.93. The van der Waals surface area contributed by atoms with Crippen LogP contribution in [-0.4, -0.2) is 18.1 Å². The van der Waals surface area contributed by atoms with Gasteiger partial charge in [-0.3, -0.25) is 0 Å². The monoisotopic (exact) mass is 296 g/mol. The number of anilines is 1. The maximum Gasteiger partial charge on any atom is 0.106 e. The van der Waals surface area contributed by atoms with Crippen molar-refractivity contribution in [2.75, 3.05) is 18.0 Å². The maximum absolute atomic E-state index is 5.88. The lowest BCUT2D eigenvalue weighted by Crippen LogP contribution is -2.23. The van der Waals surface area contributed by atoms with Gasteiger partial charge in [0, 0.05) is 30.3 Å². The minimum atomic E-state index is 0.480. The van der Waals surface area contributed by atoms with E-state index in [1.54, 1.807) is 0 Å². The molecule has 1 aliphatic heterocycles. The second kappa shape index (κ2) is 5.86. The second-order valence-corrected chi connectivity index (χ2v) is 6.17. The molecule has 1 heterocycles. The number of rotatable bonds is 3. The highest BCUT2D eigenvalue weighted by Crippen LogP contribution is 2.32. The zero-order valence-corrected chi connectivity index (χ0v) is 13.1. The van der Waals surface area contributed by atoms with Crippen LogP contribution in [0.15, 0.2) is 48.5 Å². The van der Waals surface area contributed by atoms with Gasteiger partial charge >= 0.3 is 0 Å². The van der Waals surface area contributed by atoms with Crippen LogP contribution in [0.25, 0.3) is 0 Å². The van der Waals surface area contributed by atoms with Crippen molar-refractivity contribution in [3.63, 3.8) is 0 Å². The SMILES string of the molecule is Cc1ccc(C(N)=S)c(N2CCC(c3ccccc3)C2)c1. The summed E-state index contributed by atoms with van der Waals surface area (Å²) < 4.78 is 0. The first-order chi connectivity index (χ1) is 10.1. The molecule has 3 heteroatoms. The highest BCUT2D eigenvalue weighted by molar-refractivity contribution is 7.80. The number of nitrogens with two attached hydrogens (primary N) is 1. The topological polar surface area (TPSA) is 29.3 Å². The van der Waals surface area contributed by atoms with Crippen LogP contribution in [0.1, 0.15) is 29.0 Å². The summed E-state index contributed by atoms with van der Waals surface area (Å²) in [7, 11) is 0. The molecule has 0 bridgehead atoms. The average molecular weight is 296 g/mol. The molecule has 108 valence electrons. The van der Waals surface area contributed by atoms with Gasteiger partial charge in [0.15, 0.2) is 0 Å². The van der Waals surface area contributed by atoms with Crippen molar-refractivity contribution in [2.24, 2.45) is 5.73 Å². The second-order valence-electron chi connectivity index (χ2n) is 5.73. The molecule has 1 fully saturated rings. The fourth-order valence-electron chi connectivity index (χ4n) is 3.09. The number of thiocarbonyl (C=S) groups is 1. The van der Waals surface area contributed by atoms with Crippen LogP contribution in [0.2, 0.25) is 0 Å². The third-order valence-corrected chi connectivity index (χ3v) is 4.44. The zero-order chi connectivity index (χ0) is 14.8. The Hall–Kier alpha value is -1.87. The van der Waals surface area contributed by atoms with Gasteiger partial charge in [0.1, 0.15) is 4.99 Å². The smallest absolute Gasteiger partial charge is 0.106 e. The molecule has 2 aromatic rings. The molecule has 2 N–H and O–H groups in total. The minimum Gasteiger partial charge on any atom is -0.389 e. The van der Waals surface area contributed by atoms with Gasteiger partial charge in [0.2, 0.25) is 0 Å². The van der Waals surface area contributed by atoms with Gasteiger partial charge in [-0.25, -0.2) is 0 Å². The Morgan fingerprint density at radius 1 is 1.19 bits per heavy atom. The highest BCUT2D eigenvalue weighted by atomic mass is 32.1. The molecule has 0 saturated carbocycles. The van der Waals surface area contributed by atoms with Crippen LogP contribution < -0.4 is 10.6 Å². The van der Waals surface area contributed by atoms with E-state index in [9.17, 15) is 0 Å². The van der Waals surface area contributed by atoms with Gasteiger partial charge in [-0.2, -0.15) is 0 Å². The third kappa shape index (κ3) is 2.93. The molecular weight excluding hydrogens is 276 g/mol. The first-order valence-corrected chi connectivity index (χ1v) is 7.76. The van der Waals surface area contributed by atoms with Gasteiger partial charge in [-0.1, -0.05) is 48.6 Å². The first-order valence-electron chi connectivity index (χ1n) is 7.35. The molecule has 0 amide bonds. The van der Waals surface area contributed by atoms with Gasteiger partial charge < -0.3 is 10.6 Å². The molecule has 3 rings (SSSR count). The van der Waals surface area contributed by atoms with E-state index in [-0.39, 0.29) is 0 Å². The predicted molar refractivity (Wildman–Crippen MR) is 93.1 cm³/mol. The molecule has 1 unspecified atom stereocenters. The van der Waals surface area contributed by atoms with Crippen LogP contribution in [0.3, 0.4) is 0 Å². The standard InChI is InChI=1S/C18H20N2S/c1-13-7-8-16(18(19)21)17(11-13)20-10-9-15(12-20)14-5-3-2-4-6-14/h2-8,11,15H,9-10,12H2,1H3,(H2,19,21). The van der Waals surface area contributed by atoms with E-state index < -0.39 is 0 Å². The van der Waals surface area contributed by atoms with E-state index in [4.69, 9.17) is 18.0 Å². The molecule has 0 aromatic heterocycles. The van der Waals surface area contributed by atoms with Crippen LogP contribution in [0.4, 0.5) is 5.69 Å². The maximum atomic E-state index is 5.88. The van der Waals surface area contributed by atoms with Gasteiger partial charge in [-0.05, 0) is 36.6 Å². The van der Waals surface area contributed by atoms with E-state index >= 15 is 0 Å². The number of benzene rings is 2. The lowest BCUT2D eigenvalue weighted by atomic mass is 9.99. The summed E-state index contributed by atoms with van der Waals surface area (Å²) in [6, 6.07) is 17.1. The Bertz CT molecular complexity index is 652. The highest BCUT2D eigenvalue weighted by Gasteiger charge is 2.25. The van der Waals surface area contributed by atoms with Gasteiger partial charge in [0.25, 0.3) is 0 Å². The quantitative estimate of drug-likeness (QED) is 0.877. The van der Waals surface area contributed by atoms with E-state index in [1.165, 1.54) is 23.2 Å². The number of nitrogens with zero attached hydrogens (tertiary/aromatic N) is 1. The summed E-state index contributed by atoms with van der Waals surface area (Å²) >= 11 is 5.20. The Balaban J connectivity index is 1.86. The Morgan fingerprint density at radius 3 is 2.67 bits per heavy atom. The molecule has 1 atom stereocenters. The number of hydrogen-bond donors (Lipinski definition) is 1. The summed E-state index contributed by atoms with van der Waals surface area (Å²) in [5.41, 5.74) is 10.7. The number of aryl methyl sites for hydroxylation is 1. The van der Waals surface area contributed by atoms with Crippen LogP contribution in [0.5, 0.6) is 0 Å². The summed E-state index contributed by atoms with van der Waals surface area (Å²) in [6.07, 6.45) is 1.18. The summed E-state index contributed by atoms with van der Waals surface area (Å²) in [5, 5.41) is 0. The normalized spacial score (nSPS) is 18.0.